The van der Waals surface area contributed by atoms with Crippen LogP contribution in [0.15, 0.2) is 12.1 Å². The SMILES string of the molecule is CC(C)CCCCCc1ccc(O)c(CCCCCC(C)C)c1CCCCCC(C)C. The highest BCUT2D eigenvalue weighted by atomic mass is 16.3. The second kappa shape index (κ2) is 16.6. The van der Waals surface area contributed by atoms with E-state index in [1.807, 2.05) is 6.07 Å². The first-order valence-electron chi connectivity index (χ1n) is 13.6. The predicted octanol–water partition coefficient (Wildman–Crippen LogP) is 9.67. The molecule has 0 heterocycles. The Labute approximate surface area is 195 Å². The van der Waals surface area contributed by atoms with Crippen LogP contribution in [0.4, 0.5) is 0 Å². The van der Waals surface area contributed by atoms with Crippen molar-refractivity contribution in [1.82, 2.24) is 0 Å². The molecule has 0 unspecified atom stereocenters. The number of aromatic hydroxyl groups is 1. The molecule has 0 saturated heterocycles. The van der Waals surface area contributed by atoms with Crippen molar-refractivity contribution in [3.05, 3.63) is 28.8 Å². The lowest BCUT2D eigenvalue weighted by Gasteiger charge is -2.17. The van der Waals surface area contributed by atoms with E-state index in [0.29, 0.717) is 5.75 Å². The van der Waals surface area contributed by atoms with Gasteiger partial charge in [0.15, 0.2) is 0 Å². The van der Waals surface area contributed by atoms with Gasteiger partial charge in [-0.15, -0.1) is 0 Å². The smallest absolute Gasteiger partial charge is 0.119 e. The van der Waals surface area contributed by atoms with Crippen LogP contribution in [0.3, 0.4) is 0 Å². The topological polar surface area (TPSA) is 20.2 Å². The number of aryl methyl sites for hydroxylation is 1. The summed E-state index contributed by atoms with van der Waals surface area (Å²) in [4.78, 5) is 0. The number of phenols is 1. The summed E-state index contributed by atoms with van der Waals surface area (Å²) in [6.07, 6.45) is 19.1. The molecule has 0 spiro atoms. The first kappa shape index (κ1) is 28.1. The normalized spacial score (nSPS) is 11.9. The number of hydrogen-bond donors (Lipinski definition) is 1. The largest absolute Gasteiger partial charge is 0.508 e. The lowest BCUT2D eigenvalue weighted by molar-refractivity contribution is 0.462. The van der Waals surface area contributed by atoms with Gasteiger partial charge in [0.2, 0.25) is 0 Å². The van der Waals surface area contributed by atoms with E-state index in [1.54, 1.807) is 0 Å². The average Bonchev–Trinajstić information content (AvgIpc) is 2.69. The van der Waals surface area contributed by atoms with E-state index in [1.165, 1.54) is 100 Å². The van der Waals surface area contributed by atoms with Gasteiger partial charge >= 0.3 is 0 Å². The molecule has 0 atom stereocenters. The van der Waals surface area contributed by atoms with Gasteiger partial charge in [-0.3, -0.25) is 0 Å². The molecule has 0 saturated carbocycles. The Morgan fingerprint density at radius 1 is 0.516 bits per heavy atom. The molecule has 0 aliphatic rings. The van der Waals surface area contributed by atoms with Crippen molar-refractivity contribution in [1.29, 1.82) is 0 Å². The van der Waals surface area contributed by atoms with E-state index in [9.17, 15) is 5.11 Å². The van der Waals surface area contributed by atoms with Crippen LogP contribution in [0.25, 0.3) is 0 Å². The third kappa shape index (κ3) is 13.2. The van der Waals surface area contributed by atoms with Gasteiger partial charge in [-0.2, -0.15) is 0 Å². The number of hydrogen-bond acceptors (Lipinski definition) is 1. The average molecular weight is 431 g/mol. The Hall–Kier alpha value is -0.980. The van der Waals surface area contributed by atoms with Crippen LogP contribution in [0.1, 0.15) is 135 Å². The maximum absolute atomic E-state index is 10.7. The Balaban J connectivity index is 2.73. The highest BCUT2D eigenvalue weighted by Crippen LogP contribution is 2.30. The fourth-order valence-corrected chi connectivity index (χ4v) is 4.66. The summed E-state index contributed by atoms with van der Waals surface area (Å²) < 4.78 is 0. The second-order valence-electron chi connectivity index (χ2n) is 11.2. The van der Waals surface area contributed by atoms with Gasteiger partial charge in [0.25, 0.3) is 0 Å². The molecule has 1 nitrogen and oxygen atoms in total. The van der Waals surface area contributed by atoms with Crippen LogP contribution < -0.4 is 0 Å². The van der Waals surface area contributed by atoms with E-state index >= 15 is 0 Å². The molecule has 0 bridgehead atoms. The molecule has 0 aliphatic carbocycles. The molecule has 1 heteroatoms. The molecule has 1 rings (SSSR count). The molecular formula is C30H54O. The summed E-state index contributed by atoms with van der Waals surface area (Å²) in [6, 6.07) is 4.21. The summed E-state index contributed by atoms with van der Waals surface area (Å²) in [5.74, 6) is 2.97. The summed E-state index contributed by atoms with van der Waals surface area (Å²) in [6.45, 7) is 13.9. The zero-order chi connectivity index (χ0) is 23.1. The molecule has 0 radical (unpaired) electrons. The van der Waals surface area contributed by atoms with Crippen LogP contribution in [0.2, 0.25) is 0 Å². The Kier molecular flexibility index (Phi) is 15.0. The first-order valence-corrected chi connectivity index (χ1v) is 13.6. The number of rotatable bonds is 18. The van der Waals surface area contributed by atoms with E-state index in [4.69, 9.17) is 0 Å². The lowest BCUT2D eigenvalue weighted by atomic mass is 9.89. The number of phenolic OH excluding ortho intramolecular Hbond substituents is 1. The Morgan fingerprint density at radius 2 is 0.935 bits per heavy atom. The Bertz CT molecular complexity index is 570. The minimum Gasteiger partial charge on any atom is -0.508 e. The van der Waals surface area contributed by atoms with Crippen LogP contribution in [0.5, 0.6) is 5.75 Å². The molecule has 0 fully saturated rings. The number of unbranched alkanes of at least 4 members (excludes halogenated alkanes) is 6. The quantitative estimate of drug-likeness (QED) is 0.230. The standard InChI is InChI=1S/C30H54O/c1-24(2)16-10-7-13-19-27-22-23-30(31)29(21-15-9-12-18-26(5)6)28(27)20-14-8-11-17-25(3)4/h22-26,31H,7-21H2,1-6H3. The van der Waals surface area contributed by atoms with Crippen LogP contribution in [0, 0.1) is 17.8 Å². The van der Waals surface area contributed by atoms with Crippen molar-refractivity contribution in [3.63, 3.8) is 0 Å². The molecule has 180 valence electrons. The van der Waals surface area contributed by atoms with Crippen LogP contribution >= 0.6 is 0 Å². The minimum absolute atomic E-state index is 0.546. The fraction of sp³-hybridized carbons (Fsp3) is 0.800. The third-order valence-corrected chi connectivity index (χ3v) is 6.65. The zero-order valence-electron chi connectivity index (χ0n) is 21.9. The molecular weight excluding hydrogens is 376 g/mol. The van der Waals surface area contributed by atoms with Crippen LogP contribution in [-0.2, 0) is 19.3 Å². The molecule has 0 aromatic heterocycles. The van der Waals surface area contributed by atoms with Crippen molar-refractivity contribution in [2.24, 2.45) is 17.8 Å². The van der Waals surface area contributed by atoms with Crippen molar-refractivity contribution < 1.29 is 5.11 Å². The van der Waals surface area contributed by atoms with Gasteiger partial charge < -0.3 is 5.11 Å². The maximum atomic E-state index is 10.7. The van der Waals surface area contributed by atoms with E-state index in [-0.39, 0.29) is 0 Å². The second-order valence-corrected chi connectivity index (χ2v) is 11.2. The summed E-state index contributed by atoms with van der Waals surface area (Å²) in [7, 11) is 0. The van der Waals surface area contributed by atoms with Gasteiger partial charge in [-0.05, 0) is 79.0 Å². The minimum atomic E-state index is 0.546. The van der Waals surface area contributed by atoms with Crippen LogP contribution in [-0.4, -0.2) is 5.11 Å². The molecule has 0 aliphatic heterocycles. The first-order chi connectivity index (χ1) is 14.8. The van der Waals surface area contributed by atoms with Gasteiger partial charge in [0.1, 0.15) is 5.75 Å². The van der Waals surface area contributed by atoms with Crippen molar-refractivity contribution in [2.45, 2.75) is 138 Å². The highest BCUT2D eigenvalue weighted by molar-refractivity contribution is 5.45. The highest BCUT2D eigenvalue weighted by Gasteiger charge is 2.13. The molecule has 1 aromatic rings. The summed E-state index contributed by atoms with van der Waals surface area (Å²) in [5, 5.41) is 10.7. The summed E-state index contributed by atoms with van der Waals surface area (Å²) >= 11 is 0. The maximum Gasteiger partial charge on any atom is 0.119 e. The zero-order valence-corrected chi connectivity index (χ0v) is 21.9. The van der Waals surface area contributed by atoms with Crippen molar-refractivity contribution >= 4 is 0 Å². The third-order valence-electron chi connectivity index (χ3n) is 6.65. The molecule has 1 N–H and O–H groups in total. The van der Waals surface area contributed by atoms with Gasteiger partial charge in [0, 0.05) is 0 Å². The van der Waals surface area contributed by atoms with E-state index < -0.39 is 0 Å². The van der Waals surface area contributed by atoms with E-state index in [2.05, 4.69) is 47.6 Å². The van der Waals surface area contributed by atoms with Gasteiger partial charge in [-0.25, -0.2) is 0 Å². The molecule has 0 amide bonds. The van der Waals surface area contributed by atoms with Crippen molar-refractivity contribution in [2.75, 3.05) is 0 Å². The Morgan fingerprint density at radius 3 is 1.39 bits per heavy atom. The fourth-order valence-electron chi connectivity index (χ4n) is 4.66. The monoisotopic (exact) mass is 430 g/mol. The molecule has 31 heavy (non-hydrogen) atoms. The van der Waals surface area contributed by atoms with Gasteiger partial charge in [-0.1, -0.05) is 105 Å². The lowest BCUT2D eigenvalue weighted by Crippen LogP contribution is -2.03. The van der Waals surface area contributed by atoms with Crippen molar-refractivity contribution in [3.8, 4) is 5.75 Å². The molecule has 1 aromatic carbocycles. The summed E-state index contributed by atoms with van der Waals surface area (Å²) in [5.41, 5.74) is 4.29. The predicted molar refractivity (Wildman–Crippen MR) is 139 cm³/mol. The van der Waals surface area contributed by atoms with Gasteiger partial charge in [0.05, 0.1) is 0 Å². The number of benzene rings is 1. The van der Waals surface area contributed by atoms with E-state index in [0.717, 1.165) is 30.6 Å².